The summed E-state index contributed by atoms with van der Waals surface area (Å²) >= 11 is 0. The van der Waals surface area contributed by atoms with Crippen molar-refractivity contribution in [3.05, 3.63) is 23.8 Å². The molecule has 1 aromatic rings. The second-order valence-corrected chi connectivity index (χ2v) is 5.68. The van der Waals surface area contributed by atoms with Crippen LogP contribution in [0.3, 0.4) is 0 Å². The van der Waals surface area contributed by atoms with Crippen molar-refractivity contribution in [2.75, 3.05) is 6.54 Å². The number of amides is 2. The average molecular weight is 288 g/mol. The maximum Gasteiger partial charge on any atom is 0.246 e. The van der Waals surface area contributed by atoms with Gasteiger partial charge in [-0.05, 0) is 32.3 Å². The lowest BCUT2D eigenvalue weighted by molar-refractivity contribution is -0.160. The van der Waals surface area contributed by atoms with Crippen LogP contribution in [-0.2, 0) is 16.1 Å². The number of hydrogen-bond donors (Lipinski definition) is 0. The third kappa shape index (κ3) is 2.39. The molecule has 0 spiro atoms. The Bertz CT molecular complexity index is 575. The summed E-state index contributed by atoms with van der Waals surface area (Å²) in [7, 11) is 0. The molecule has 2 unspecified atom stereocenters. The molecule has 0 saturated carbocycles. The molecule has 6 nitrogen and oxygen atoms in total. The molecule has 21 heavy (non-hydrogen) atoms. The third-order valence-corrected chi connectivity index (χ3v) is 4.32. The summed E-state index contributed by atoms with van der Waals surface area (Å²) in [4.78, 5) is 37.1. The fraction of sp³-hybridized carbons (Fsp3) is 0.600. The van der Waals surface area contributed by atoms with E-state index in [4.69, 9.17) is 0 Å². The Morgan fingerprint density at radius 2 is 2.14 bits per heavy atom. The van der Waals surface area contributed by atoms with Crippen molar-refractivity contribution in [2.45, 2.75) is 51.7 Å². The number of fused-ring (bicyclic) bond motifs is 1. The number of piperazine rings is 1. The molecule has 3 heterocycles. The van der Waals surface area contributed by atoms with Gasteiger partial charge in [0.05, 0.1) is 12.2 Å². The fourth-order valence-corrected chi connectivity index (χ4v) is 3.31. The molecule has 2 aliphatic heterocycles. The topological polar surface area (TPSA) is 66.4 Å². The van der Waals surface area contributed by atoms with Gasteiger partial charge in [-0.25, -0.2) is 9.97 Å². The van der Waals surface area contributed by atoms with Crippen molar-refractivity contribution in [1.29, 1.82) is 0 Å². The Hall–Kier alpha value is -1.98. The highest BCUT2D eigenvalue weighted by Gasteiger charge is 2.46. The van der Waals surface area contributed by atoms with E-state index < -0.39 is 0 Å². The van der Waals surface area contributed by atoms with Gasteiger partial charge in [-0.3, -0.25) is 9.59 Å². The van der Waals surface area contributed by atoms with E-state index in [2.05, 4.69) is 9.97 Å². The molecule has 2 atom stereocenters. The molecule has 3 rings (SSSR count). The van der Waals surface area contributed by atoms with Gasteiger partial charge in [0.2, 0.25) is 11.8 Å². The molecule has 1 aromatic heterocycles. The number of rotatable bonds is 3. The van der Waals surface area contributed by atoms with Crippen LogP contribution in [0, 0.1) is 6.92 Å². The van der Waals surface area contributed by atoms with E-state index in [1.807, 2.05) is 13.8 Å². The summed E-state index contributed by atoms with van der Waals surface area (Å²) in [6.07, 6.45) is 4.02. The van der Waals surface area contributed by atoms with Crippen LogP contribution in [-0.4, -0.2) is 50.2 Å². The van der Waals surface area contributed by atoms with Crippen molar-refractivity contribution >= 4 is 11.8 Å². The lowest BCUT2D eigenvalue weighted by Crippen LogP contribution is -2.62. The maximum absolute atomic E-state index is 12.7. The summed E-state index contributed by atoms with van der Waals surface area (Å²) in [5.41, 5.74) is 0.786. The van der Waals surface area contributed by atoms with Crippen molar-refractivity contribution in [3.63, 3.8) is 0 Å². The lowest BCUT2D eigenvalue weighted by Gasteiger charge is -2.41. The van der Waals surface area contributed by atoms with Gasteiger partial charge in [-0.15, -0.1) is 0 Å². The van der Waals surface area contributed by atoms with Gasteiger partial charge in [-0.1, -0.05) is 6.92 Å². The van der Waals surface area contributed by atoms with Crippen LogP contribution in [0.1, 0.15) is 37.7 Å². The second-order valence-electron chi connectivity index (χ2n) is 5.68. The molecule has 2 aliphatic rings. The highest BCUT2D eigenvalue weighted by atomic mass is 16.2. The van der Waals surface area contributed by atoms with E-state index in [9.17, 15) is 9.59 Å². The number of aryl methyl sites for hydroxylation is 1. The normalized spacial score (nSPS) is 25.4. The van der Waals surface area contributed by atoms with Crippen LogP contribution in [0.2, 0.25) is 0 Å². The minimum Gasteiger partial charge on any atom is -0.329 e. The van der Waals surface area contributed by atoms with E-state index in [1.165, 1.54) is 0 Å². The summed E-state index contributed by atoms with van der Waals surface area (Å²) in [5, 5.41) is 0. The molecule has 6 heteroatoms. The number of hydrogen-bond acceptors (Lipinski definition) is 4. The highest BCUT2D eigenvalue weighted by molar-refractivity contribution is 5.97. The monoisotopic (exact) mass is 288 g/mol. The van der Waals surface area contributed by atoms with E-state index >= 15 is 0 Å². The van der Waals surface area contributed by atoms with Gasteiger partial charge in [0.15, 0.2) is 0 Å². The van der Waals surface area contributed by atoms with Crippen molar-refractivity contribution in [2.24, 2.45) is 0 Å². The van der Waals surface area contributed by atoms with Gasteiger partial charge in [0, 0.05) is 12.7 Å². The van der Waals surface area contributed by atoms with Crippen molar-refractivity contribution < 1.29 is 9.59 Å². The molecule has 2 fully saturated rings. The predicted molar refractivity (Wildman–Crippen MR) is 76.1 cm³/mol. The van der Waals surface area contributed by atoms with E-state index in [1.54, 1.807) is 22.1 Å². The van der Waals surface area contributed by atoms with E-state index in [0.29, 0.717) is 25.3 Å². The molecule has 112 valence electrons. The van der Waals surface area contributed by atoms with Gasteiger partial charge in [0.25, 0.3) is 0 Å². The molecule has 0 N–H and O–H groups in total. The summed E-state index contributed by atoms with van der Waals surface area (Å²) in [6, 6.07) is 1.18. The largest absolute Gasteiger partial charge is 0.329 e. The minimum atomic E-state index is -0.359. The zero-order valence-electron chi connectivity index (χ0n) is 12.5. The SMILES string of the molecule is CCC1C(=O)N2CCCC2C(=O)N1Cc1ccnc(C)n1. The smallest absolute Gasteiger partial charge is 0.246 e. The molecule has 0 bridgehead atoms. The lowest BCUT2D eigenvalue weighted by atomic mass is 10.0. The summed E-state index contributed by atoms with van der Waals surface area (Å²) < 4.78 is 0. The minimum absolute atomic E-state index is 0.0650. The Kier molecular flexibility index (Phi) is 3.61. The average Bonchev–Trinajstić information content (AvgIpc) is 2.95. The van der Waals surface area contributed by atoms with Gasteiger partial charge >= 0.3 is 0 Å². The first-order valence-electron chi connectivity index (χ1n) is 7.51. The first kappa shape index (κ1) is 14.0. The predicted octanol–water partition coefficient (Wildman–Crippen LogP) is 0.897. The molecule has 0 aliphatic carbocycles. The summed E-state index contributed by atoms with van der Waals surface area (Å²) in [6.45, 7) is 4.87. The second kappa shape index (κ2) is 5.42. The van der Waals surface area contributed by atoms with Crippen molar-refractivity contribution in [3.8, 4) is 0 Å². The van der Waals surface area contributed by atoms with Gasteiger partial charge in [0.1, 0.15) is 17.9 Å². The quantitative estimate of drug-likeness (QED) is 0.828. The van der Waals surface area contributed by atoms with Crippen LogP contribution < -0.4 is 0 Å². The molecule has 0 aromatic carbocycles. The van der Waals surface area contributed by atoms with Crippen molar-refractivity contribution in [1.82, 2.24) is 19.8 Å². The number of carbonyl (C=O) groups is 2. The standard InChI is InChI=1S/C15H20N4O2/c1-3-12-14(20)18-8-4-5-13(18)15(21)19(12)9-11-6-7-16-10(2)17-11/h6-7,12-13H,3-5,8-9H2,1-2H3. The summed E-state index contributed by atoms with van der Waals surface area (Å²) in [5.74, 6) is 0.833. The van der Waals surface area contributed by atoms with E-state index in [-0.39, 0.29) is 23.9 Å². The zero-order chi connectivity index (χ0) is 15.0. The first-order chi connectivity index (χ1) is 10.1. The van der Waals surface area contributed by atoms with E-state index in [0.717, 1.165) is 18.5 Å². The number of nitrogens with zero attached hydrogens (tertiary/aromatic N) is 4. The Balaban J connectivity index is 1.87. The molecule has 0 radical (unpaired) electrons. The Labute approximate surface area is 124 Å². The van der Waals surface area contributed by atoms with Gasteiger partial charge in [-0.2, -0.15) is 0 Å². The molecule has 2 saturated heterocycles. The highest BCUT2D eigenvalue weighted by Crippen LogP contribution is 2.28. The van der Waals surface area contributed by atoms with Crippen LogP contribution in [0.25, 0.3) is 0 Å². The molecular weight excluding hydrogens is 268 g/mol. The Morgan fingerprint density at radius 3 is 2.86 bits per heavy atom. The Morgan fingerprint density at radius 1 is 1.33 bits per heavy atom. The van der Waals surface area contributed by atoms with Gasteiger partial charge < -0.3 is 9.80 Å². The fourth-order valence-electron chi connectivity index (χ4n) is 3.31. The first-order valence-corrected chi connectivity index (χ1v) is 7.51. The van der Waals surface area contributed by atoms with Crippen LogP contribution >= 0.6 is 0 Å². The van der Waals surface area contributed by atoms with Crippen LogP contribution in [0.5, 0.6) is 0 Å². The zero-order valence-corrected chi connectivity index (χ0v) is 12.5. The number of carbonyl (C=O) groups excluding carboxylic acids is 2. The third-order valence-electron chi connectivity index (χ3n) is 4.32. The number of aromatic nitrogens is 2. The molecule has 2 amide bonds. The molecular formula is C15H20N4O2. The van der Waals surface area contributed by atoms with Crippen LogP contribution in [0.4, 0.5) is 0 Å². The maximum atomic E-state index is 12.7. The van der Waals surface area contributed by atoms with Crippen LogP contribution in [0.15, 0.2) is 12.3 Å².